The van der Waals surface area contributed by atoms with Crippen LogP contribution in [0.5, 0.6) is 0 Å². The van der Waals surface area contributed by atoms with Crippen LogP contribution in [0, 0.1) is 0 Å². The van der Waals surface area contributed by atoms with E-state index in [-0.39, 0.29) is 24.1 Å². The van der Waals surface area contributed by atoms with E-state index in [1.165, 1.54) is 11.3 Å². The summed E-state index contributed by atoms with van der Waals surface area (Å²) in [7, 11) is 0. The molecule has 3 heterocycles. The van der Waals surface area contributed by atoms with E-state index in [4.69, 9.17) is 11.6 Å². The van der Waals surface area contributed by atoms with Crippen LogP contribution in [-0.2, 0) is 17.1 Å². The molecule has 0 radical (unpaired) electrons. The molecule has 0 spiro atoms. The molecule has 0 aromatic carbocycles. The monoisotopic (exact) mass is 300 g/mol. The number of hydrogen-bond donors (Lipinski definition) is 1. The van der Waals surface area contributed by atoms with E-state index < -0.39 is 0 Å². The maximum absolute atomic E-state index is 12.4. The number of hydrogen-bond acceptors (Lipinski definition) is 4. The number of carbonyl (C=O) groups is 1. The highest BCUT2D eigenvalue weighted by atomic mass is 35.5. The summed E-state index contributed by atoms with van der Waals surface area (Å²) in [6, 6.07) is 0.461. The molecule has 2 bridgehead atoms. The fraction of sp³-hybridized carbons (Fsp3) is 0.692. The number of thiazole rings is 1. The number of aliphatic hydroxyl groups is 1. The predicted octanol–water partition coefficient (Wildman–Crippen LogP) is 1.94. The second-order valence-electron chi connectivity index (χ2n) is 5.35. The fourth-order valence-corrected chi connectivity index (χ4v) is 4.28. The van der Waals surface area contributed by atoms with E-state index in [0.29, 0.717) is 12.3 Å². The lowest BCUT2D eigenvalue weighted by atomic mass is 9.99. The van der Waals surface area contributed by atoms with Gasteiger partial charge in [0.25, 0.3) is 0 Å². The van der Waals surface area contributed by atoms with Gasteiger partial charge in [-0.25, -0.2) is 4.98 Å². The van der Waals surface area contributed by atoms with Crippen molar-refractivity contribution in [1.29, 1.82) is 0 Å². The molecular weight excluding hydrogens is 284 g/mol. The Morgan fingerprint density at radius 3 is 2.74 bits per heavy atom. The van der Waals surface area contributed by atoms with Crippen molar-refractivity contribution in [1.82, 2.24) is 9.88 Å². The van der Waals surface area contributed by atoms with Crippen LogP contribution in [0.15, 0.2) is 5.38 Å². The van der Waals surface area contributed by atoms with Crippen molar-refractivity contribution in [2.45, 2.75) is 56.2 Å². The first-order valence-corrected chi connectivity index (χ1v) is 8.07. The lowest BCUT2D eigenvalue weighted by Gasteiger charge is -2.37. The van der Waals surface area contributed by atoms with Crippen LogP contribution in [0.2, 0.25) is 0 Å². The molecule has 6 heteroatoms. The lowest BCUT2D eigenvalue weighted by Crippen LogP contribution is -2.48. The second-order valence-corrected chi connectivity index (χ2v) is 6.56. The van der Waals surface area contributed by atoms with Gasteiger partial charge in [-0.15, -0.1) is 22.9 Å². The van der Waals surface area contributed by atoms with Crippen molar-refractivity contribution < 1.29 is 9.90 Å². The summed E-state index contributed by atoms with van der Waals surface area (Å²) in [5.74, 6) is 0.543. The minimum absolute atomic E-state index is 0.148. The van der Waals surface area contributed by atoms with Gasteiger partial charge in [-0.2, -0.15) is 0 Å². The molecule has 2 aliphatic rings. The molecule has 104 valence electrons. The van der Waals surface area contributed by atoms with E-state index in [0.717, 1.165) is 36.4 Å². The predicted molar refractivity (Wildman–Crippen MR) is 74.3 cm³/mol. The number of rotatable bonds is 3. The highest BCUT2D eigenvalue weighted by Gasteiger charge is 2.42. The van der Waals surface area contributed by atoms with Gasteiger partial charge in [-0.05, 0) is 25.7 Å². The number of carbonyl (C=O) groups excluding carboxylic acids is 1. The second kappa shape index (κ2) is 5.38. The Morgan fingerprint density at radius 1 is 1.47 bits per heavy atom. The molecule has 2 fully saturated rings. The van der Waals surface area contributed by atoms with Crippen LogP contribution in [-0.4, -0.2) is 39.1 Å². The summed E-state index contributed by atoms with van der Waals surface area (Å²) >= 11 is 7.22. The normalized spacial score (nSPS) is 29.8. The van der Waals surface area contributed by atoms with Gasteiger partial charge in [0.1, 0.15) is 5.01 Å². The molecule has 1 N–H and O–H groups in total. The van der Waals surface area contributed by atoms with E-state index in [2.05, 4.69) is 4.98 Å². The van der Waals surface area contributed by atoms with Gasteiger partial charge in [0, 0.05) is 17.5 Å². The molecule has 2 unspecified atom stereocenters. The largest absolute Gasteiger partial charge is 0.393 e. The Balaban J connectivity index is 1.67. The molecule has 1 aromatic rings. The maximum Gasteiger partial charge on any atom is 0.229 e. The highest BCUT2D eigenvalue weighted by Crippen LogP contribution is 2.36. The Hall–Kier alpha value is -0.650. The van der Waals surface area contributed by atoms with Crippen LogP contribution < -0.4 is 0 Å². The molecule has 2 saturated heterocycles. The molecule has 1 aromatic heterocycles. The van der Waals surface area contributed by atoms with Gasteiger partial charge in [0.05, 0.1) is 24.1 Å². The van der Waals surface area contributed by atoms with Crippen molar-refractivity contribution in [3.8, 4) is 0 Å². The summed E-state index contributed by atoms with van der Waals surface area (Å²) in [4.78, 5) is 18.7. The summed E-state index contributed by atoms with van der Waals surface area (Å²) in [6.45, 7) is 0. The number of aromatic nitrogens is 1. The average molecular weight is 301 g/mol. The summed E-state index contributed by atoms with van der Waals surface area (Å²) < 4.78 is 0. The van der Waals surface area contributed by atoms with Crippen LogP contribution in [0.3, 0.4) is 0 Å². The van der Waals surface area contributed by atoms with Gasteiger partial charge >= 0.3 is 0 Å². The van der Waals surface area contributed by atoms with Gasteiger partial charge in [-0.1, -0.05) is 0 Å². The van der Waals surface area contributed by atoms with Crippen molar-refractivity contribution in [2.75, 3.05) is 0 Å². The number of amides is 1. The lowest BCUT2D eigenvalue weighted by molar-refractivity contribution is -0.136. The highest BCUT2D eigenvalue weighted by molar-refractivity contribution is 7.09. The first-order chi connectivity index (χ1) is 9.17. The number of halogens is 1. The third-order valence-corrected chi connectivity index (χ3v) is 5.21. The van der Waals surface area contributed by atoms with Crippen molar-refractivity contribution >= 4 is 28.8 Å². The molecule has 2 atom stereocenters. The van der Waals surface area contributed by atoms with E-state index in [9.17, 15) is 9.90 Å². The van der Waals surface area contributed by atoms with E-state index in [1.54, 1.807) is 0 Å². The van der Waals surface area contributed by atoms with E-state index >= 15 is 0 Å². The standard InChI is InChI=1S/C13H17ClN2O2S/c14-6-8-7-19-12(15-8)5-13(18)16-9-1-2-10(16)4-11(17)3-9/h7,9-11,17H,1-6H2. The van der Waals surface area contributed by atoms with Crippen molar-refractivity contribution in [2.24, 2.45) is 0 Å². The van der Waals surface area contributed by atoms with Crippen molar-refractivity contribution in [3.05, 3.63) is 16.1 Å². The van der Waals surface area contributed by atoms with Crippen LogP contribution in [0.1, 0.15) is 36.4 Å². The molecule has 4 nitrogen and oxygen atoms in total. The van der Waals surface area contributed by atoms with Gasteiger partial charge in [-0.3, -0.25) is 4.79 Å². The first-order valence-electron chi connectivity index (χ1n) is 6.66. The number of piperidine rings is 1. The number of fused-ring (bicyclic) bond motifs is 2. The van der Waals surface area contributed by atoms with Crippen LogP contribution in [0.25, 0.3) is 0 Å². The quantitative estimate of drug-likeness (QED) is 0.868. The zero-order valence-corrected chi connectivity index (χ0v) is 12.2. The third-order valence-electron chi connectivity index (χ3n) is 4.03. The molecule has 0 saturated carbocycles. The van der Waals surface area contributed by atoms with Crippen LogP contribution in [0.4, 0.5) is 0 Å². The molecule has 3 rings (SSSR count). The zero-order chi connectivity index (χ0) is 13.4. The Morgan fingerprint density at radius 2 is 2.16 bits per heavy atom. The summed E-state index contributed by atoms with van der Waals surface area (Å²) in [6.07, 6.45) is 3.64. The molecule has 19 heavy (non-hydrogen) atoms. The minimum atomic E-state index is -0.232. The number of alkyl halides is 1. The summed E-state index contributed by atoms with van der Waals surface area (Å²) in [5, 5.41) is 12.5. The van der Waals surface area contributed by atoms with Gasteiger partial charge in [0.15, 0.2) is 0 Å². The smallest absolute Gasteiger partial charge is 0.229 e. The Labute approximate surface area is 121 Å². The first kappa shape index (κ1) is 13.3. The molecule has 2 aliphatic heterocycles. The van der Waals surface area contributed by atoms with Crippen LogP contribution >= 0.6 is 22.9 Å². The van der Waals surface area contributed by atoms with Gasteiger partial charge in [0.2, 0.25) is 5.91 Å². The SMILES string of the molecule is O=C(Cc1nc(CCl)cs1)N1C2CCC1CC(O)C2. The van der Waals surface area contributed by atoms with Gasteiger partial charge < -0.3 is 10.0 Å². The topological polar surface area (TPSA) is 53.4 Å². The third kappa shape index (κ3) is 2.64. The fourth-order valence-electron chi connectivity index (χ4n) is 3.27. The average Bonchev–Trinajstić information content (AvgIpc) is 2.93. The Kier molecular flexibility index (Phi) is 3.78. The molecule has 1 amide bonds. The van der Waals surface area contributed by atoms with E-state index in [1.807, 2.05) is 10.3 Å². The Bertz CT molecular complexity index is 465. The number of nitrogens with zero attached hydrogens (tertiary/aromatic N) is 2. The zero-order valence-electron chi connectivity index (χ0n) is 10.6. The molecule has 0 aliphatic carbocycles. The minimum Gasteiger partial charge on any atom is -0.393 e. The van der Waals surface area contributed by atoms with Crippen molar-refractivity contribution in [3.63, 3.8) is 0 Å². The molecular formula is C13H17ClN2O2S. The number of aliphatic hydroxyl groups excluding tert-OH is 1. The maximum atomic E-state index is 12.4. The summed E-state index contributed by atoms with van der Waals surface area (Å²) in [5.41, 5.74) is 0.839.